The molecule has 0 aliphatic carbocycles. The van der Waals surface area contributed by atoms with E-state index in [1.807, 2.05) is 12.1 Å². The molecule has 1 aromatic heterocycles. The summed E-state index contributed by atoms with van der Waals surface area (Å²) in [5, 5.41) is 6.21. The number of ether oxygens (including phenoxy) is 1. The van der Waals surface area contributed by atoms with Crippen LogP contribution in [0.15, 0.2) is 36.5 Å². The SMILES string of the molecule is Cc1ccc(Nc2ccc(C(=O)NCCN3CCOCC3)cn2)cc1C. The molecule has 3 rings (SSSR count). The van der Waals surface area contributed by atoms with Gasteiger partial charge >= 0.3 is 0 Å². The van der Waals surface area contributed by atoms with Crippen molar-refractivity contribution in [1.29, 1.82) is 0 Å². The number of rotatable bonds is 6. The van der Waals surface area contributed by atoms with Gasteiger partial charge in [0.1, 0.15) is 5.82 Å². The summed E-state index contributed by atoms with van der Waals surface area (Å²) >= 11 is 0. The van der Waals surface area contributed by atoms with E-state index in [0.29, 0.717) is 12.1 Å². The molecule has 0 atom stereocenters. The Morgan fingerprint density at radius 2 is 1.96 bits per heavy atom. The fourth-order valence-electron chi connectivity index (χ4n) is 2.82. The van der Waals surface area contributed by atoms with Crippen LogP contribution in [0.2, 0.25) is 0 Å². The normalized spacial score (nSPS) is 14.8. The molecule has 0 unspecified atom stereocenters. The summed E-state index contributed by atoms with van der Waals surface area (Å²) in [4.78, 5) is 18.9. The van der Waals surface area contributed by atoms with Crippen LogP contribution in [-0.2, 0) is 4.74 Å². The van der Waals surface area contributed by atoms with Crippen LogP contribution in [-0.4, -0.2) is 55.2 Å². The summed E-state index contributed by atoms with van der Waals surface area (Å²) in [7, 11) is 0. The van der Waals surface area contributed by atoms with Gasteiger partial charge in [0.15, 0.2) is 0 Å². The van der Waals surface area contributed by atoms with Gasteiger partial charge in [0.2, 0.25) is 0 Å². The molecule has 2 heterocycles. The molecule has 26 heavy (non-hydrogen) atoms. The van der Waals surface area contributed by atoms with Crippen LogP contribution < -0.4 is 10.6 Å². The van der Waals surface area contributed by atoms with E-state index >= 15 is 0 Å². The molecular weight excluding hydrogens is 328 g/mol. The van der Waals surface area contributed by atoms with Gasteiger partial charge < -0.3 is 15.4 Å². The minimum atomic E-state index is -0.0940. The highest BCUT2D eigenvalue weighted by atomic mass is 16.5. The number of hydrogen-bond donors (Lipinski definition) is 2. The molecule has 0 saturated carbocycles. The van der Waals surface area contributed by atoms with Gasteiger partial charge in [-0.05, 0) is 49.2 Å². The predicted molar refractivity (Wildman–Crippen MR) is 103 cm³/mol. The molecule has 1 aliphatic heterocycles. The van der Waals surface area contributed by atoms with Crippen molar-refractivity contribution in [3.63, 3.8) is 0 Å². The van der Waals surface area contributed by atoms with E-state index in [1.165, 1.54) is 11.1 Å². The van der Waals surface area contributed by atoms with Crippen molar-refractivity contribution in [2.45, 2.75) is 13.8 Å². The number of aryl methyl sites for hydroxylation is 2. The summed E-state index contributed by atoms with van der Waals surface area (Å²) in [6, 6.07) is 9.81. The Morgan fingerprint density at radius 1 is 1.15 bits per heavy atom. The Balaban J connectivity index is 1.49. The Bertz CT molecular complexity index is 740. The molecule has 6 nitrogen and oxygen atoms in total. The minimum Gasteiger partial charge on any atom is -0.379 e. The first kappa shape index (κ1) is 18.4. The fourth-order valence-corrected chi connectivity index (χ4v) is 2.82. The maximum Gasteiger partial charge on any atom is 0.252 e. The maximum atomic E-state index is 12.2. The van der Waals surface area contributed by atoms with Crippen molar-refractivity contribution >= 4 is 17.4 Å². The van der Waals surface area contributed by atoms with Crippen molar-refractivity contribution in [2.24, 2.45) is 0 Å². The number of morpholine rings is 1. The number of pyridine rings is 1. The van der Waals surface area contributed by atoms with Gasteiger partial charge in [-0.2, -0.15) is 0 Å². The average molecular weight is 354 g/mol. The van der Waals surface area contributed by atoms with Gasteiger partial charge in [-0.3, -0.25) is 9.69 Å². The molecule has 1 fully saturated rings. The molecule has 6 heteroatoms. The summed E-state index contributed by atoms with van der Waals surface area (Å²) < 4.78 is 5.32. The van der Waals surface area contributed by atoms with Crippen LogP contribution in [0, 0.1) is 13.8 Å². The van der Waals surface area contributed by atoms with E-state index in [1.54, 1.807) is 12.3 Å². The number of benzene rings is 1. The second-order valence-electron chi connectivity index (χ2n) is 6.57. The zero-order valence-corrected chi connectivity index (χ0v) is 15.4. The van der Waals surface area contributed by atoms with Crippen molar-refractivity contribution in [2.75, 3.05) is 44.7 Å². The zero-order valence-electron chi connectivity index (χ0n) is 15.4. The first-order valence-corrected chi connectivity index (χ1v) is 9.00. The zero-order chi connectivity index (χ0) is 18.4. The number of nitrogens with one attached hydrogen (secondary N) is 2. The van der Waals surface area contributed by atoms with Crippen LogP contribution in [0.1, 0.15) is 21.5 Å². The lowest BCUT2D eigenvalue weighted by atomic mass is 10.1. The fraction of sp³-hybridized carbons (Fsp3) is 0.400. The van der Waals surface area contributed by atoms with Crippen LogP contribution in [0.4, 0.5) is 11.5 Å². The molecule has 1 saturated heterocycles. The maximum absolute atomic E-state index is 12.2. The quantitative estimate of drug-likeness (QED) is 0.834. The Hall–Kier alpha value is -2.44. The molecule has 2 aromatic rings. The van der Waals surface area contributed by atoms with Crippen LogP contribution in [0.25, 0.3) is 0 Å². The van der Waals surface area contributed by atoms with Crippen LogP contribution >= 0.6 is 0 Å². The summed E-state index contributed by atoms with van der Waals surface area (Å²) in [5.41, 5.74) is 4.04. The topological polar surface area (TPSA) is 66.5 Å². The Kier molecular flexibility index (Phi) is 6.20. The number of aromatic nitrogens is 1. The van der Waals surface area contributed by atoms with Crippen molar-refractivity contribution in [3.05, 3.63) is 53.2 Å². The smallest absolute Gasteiger partial charge is 0.252 e. The van der Waals surface area contributed by atoms with E-state index in [0.717, 1.165) is 44.4 Å². The molecular formula is C20H26N4O2. The van der Waals surface area contributed by atoms with Gasteiger partial charge in [-0.25, -0.2) is 4.98 Å². The van der Waals surface area contributed by atoms with E-state index in [9.17, 15) is 4.79 Å². The molecule has 2 N–H and O–H groups in total. The molecule has 1 amide bonds. The molecule has 138 valence electrons. The first-order valence-electron chi connectivity index (χ1n) is 9.00. The number of nitrogens with zero attached hydrogens (tertiary/aromatic N) is 2. The molecule has 0 radical (unpaired) electrons. The largest absolute Gasteiger partial charge is 0.379 e. The summed E-state index contributed by atoms with van der Waals surface area (Å²) in [6.45, 7) is 9.03. The monoisotopic (exact) mass is 354 g/mol. The van der Waals surface area contributed by atoms with E-state index in [4.69, 9.17) is 4.74 Å². The van der Waals surface area contributed by atoms with Gasteiger partial charge in [0, 0.05) is 38.1 Å². The van der Waals surface area contributed by atoms with E-state index < -0.39 is 0 Å². The Morgan fingerprint density at radius 3 is 2.65 bits per heavy atom. The minimum absolute atomic E-state index is 0.0940. The van der Waals surface area contributed by atoms with Crippen molar-refractivity contribution in [3.8, 4) is 0 Å². The molecule has 0 spiro atoms. The first-order chi connectivity index (χ1) is 12.6. The number of carbonyl (C=O) groups excluding carboxylic acids is 1. The Labute approximate surface area is 154 Å². The predicted octanol–water partition coefficient (Wildman–Crippen LogP) is 2.50. The average Bonchev–Trinajstić information content (AvgIpc) is 2.66. The molecule has 1 aliphatic rings. The number of carbonyl (C=O) groups is 1. The molecule has 0 bridgehead atoms. The van der Waals surface area contributed by atoms with Crippen LogP contribution in [0.5, 0.6) is 0 Å². The third kappa shape index (κ3) is 5.03. The highest BCUT2D eigenvalue weighted by Gasteiger charge is 2.11. The van der Waals surface area contributed by atoms with E-state index in [-0.39, 0.29) is 5.91 Å². The highest BCUT2D eigenvalue weighted by molar-refractivity contribution is 5.94. The van der Waals surface area contributed by atoms with Crippen molar-refractivity contribution < 1.29 is 9.53 Å². The third-order valence-electron chi connectivity index (χ3n) is 4.62. The van der Waals surface area contributed by atoms with Crippen LogP contribution in [0.3, 0.4) is 0 Å². The van der Waals surface area contributed by atoms with Crippen molar-refractivity contribution in [1.82, 2.24) is 15.2 Å². The van der Waals surface area contributed by atoms with E-state index in [2.05, 4.69) is 46.5 Å². The van der Waals surface area contributed by atoms with Gasteiger partial charge in [-0.1, -0.05) is 6.07 Å². The van der Waals surface area contributed by atoms with Gasteiger partial charge in [0.25, 0.3) is 5.91 Å². The summed E-state index contributed by atoms with van der Waals surface area (Å²) in [6.07, 6.45) is 1.60. The summed E-state index contributed by atoms with van der Waals surface area (Å²) in [5.74, 6) is 0.626. The lowest BCUT2D eigenvalue weighted by Crippen LogP contribution is -2.41. The lowest BCUT2D eigenvalue weighted by Gasteiger charge is -2.26. The number of anilines is 2. The van der Waals surface area contributed by atoms with Gasteiger partial charge in [0.05, 0.1) is 18.8 Å². The number of amides is 1. The molecule has 1 aromatic carbocycles. The lowest BCUT2D eigenvalue weighted by molar-refractivity contribution is 0.0383. The second-order valence-corrected chi connectivity index (χ2v) is 6.57. The standard InChI is InChI=1S/C20H26N4O2/c1-15-3-5-18(13-16(15)2)23-19-6-4-17(14-22-19)20(25)21-7-8-24-9-11-26-12-10-24/h3-6,13-14H,7-12H2,1-2H3,(H,21,25)(H,22,23). The number of hydrogen-bond acceptors (Lipinski definition) is 5. The second kappa shape index (κ2) is 8.78. The third-order valence-corrected chi connectivity index (χ3v) is 4.62. The van der Waals surface area contributed by atoms with Gasteiger partial charge in [-0.15, -0.1) is 0 Å². The highest BCUT2D eigenvalue weighted by Crippen LogP contribution is 2.18.